The number of esters is 1. The minimum absolute atomic E-state index is 0. The van der Waals surface area contributed by atoms with E-state index in [0.717, 1.165) is 0 Å². The molecule has 0 aliphatic heterocycles. The SMILES string of the molecule is CC(C)(C)OC(=O)c1ccccn1.Cl. The van der Waals surface area contributed by atoms with Crippen LogP contribution in [0, 0.1) is 0 Å². The molecule has 0 fully saturated rings. The van der Waals surface area contributed by atoms with E-state index in [4.69, 9.17) is 4.74 Å². The van der Waals surface area contributed by atoms with Gasteiger partial charge in [-0.05, 0) is 32.9 Å². The molecule has 1 aromatic heterocycles. The first-order valence-corrected chi connectivity index (χ1v) is 4.13. The topological polar surface area (TPSA) is 39.2 Å². The van der Waals surface area contributed by atoms with Gasteiger partial charge >= 0.3 is 5.97 Å². The molecule has 0 aliphatic rings. The third kappa shape index (κ3) is 4.23. The van der Waals surface area contributed by atoms with Crippen LogP contribution in [-0.2, 0) is 4.74 Å². The molecule has 0 saturated carbocycles. The highest BCUT2D eigenvalue weighted by Gasteiger charge is 2.17. The van der Waals surface area contributed by atoms with E-state index in [1.807, 2.05) is 20.8 Å². The normalized spacial score (nSPS) is 10.2. The van der Waals surface area contributed by atoms with Crippen molar-refractivity contribution in [1.29, 1.82) is 0 Å². The number of hydrogen-bond acceptors (Lipinski definition) is 3. The second-order valence-electron chi connectivity index (χ2n) is 3.72. The summed E-state index contributed by atoms with van der Waals surface area (Å²) >= 11 is 0. The van der Waals surface area contributed by atoms with Gasteiger partial charge in [0.25, 0.3) is 0 Å². The number of carbonyl (C=O) groups is 1. The van der Waals surface area contributed by atoms with Crippen LogP contribution in [-0.4, -0.2) is 16.6 Å². The molecule has 0 radical (unpaired) electrons. The summed E-state index contributed by atoms with van der Waals surface area (Å²) in [5.41, 5.74) is -0.119. The minimum Gasteiger partial charge on any atom is -0.455 e. The first-order valence-electron chi connectivity index (χ1n) is 4.13. The third-order valence-electron chi connectivity index (χ3n) is 1.27. The molecule has 1 rings (SSSR count). The Morgan fingerprint density at radius 2 is 2.00 bits per heavy atom. The van der Waals surface area contributed by atoms with Crippen LogP contribution in [0.4, 0.5) is 0 Å². The molecule has 0 atom stereocenters. The van der Waals surface area contributed by atoms with Crippen molar-refractivity contribution in [3.8, 4) is 0 Å². The van der Waals surface area contributed by atoms with Crippen molar-refractivity contribution in [1.82, 2.24) is 4.98 Å². The molecule has 3 nitrogen and oxygen atoms in total. The van der Waals surface area contributed by atoms with Crippen molar-refractivity contribution in [2.24, 2.45) is 0 Å². The molecule has 1 heterocycles. The Hall–Kier alpha value is -1.09. The lowest BCUT2D eigenvalue weighted by Gasteiger charge is -2.18. The number of pyridine rings is 1. The lowest BCUT2D eigenvalue weighted by atomic mass is 10.2. The summed E-state index contributed by atoms with van der Waals surface area (Å²) in [6, 6.07) is 5.15. The number of rotatable bonds is 1. The number of halogens is 1. The molecular formula is C10H14ClNO2. The molecule has 1 aromatic rings. The Balaban J connectivity index is 0.00000169. The lowest BCUT2D eigenvalue weighted by molar-refractivity contribution is 0.00629. The fourth-order valence-electron chi connectivity index (χ4n) is 0.814. The van der Waals surface area contributed by atoms with E-state index in [9.17, 15) is 4.79 Å². The van der Waals surface area contributed by atoms with Gasteiger partial charge in [-0.2, -0.15) is 0 Å². The summed E-state index contributed by atoms with van der Waals surface area (Å²) in [6.07, 6.45) is 1.57. The fourth-order valence-corrected chi connectivity index (χ4v) is 0.814. The Bertz CT molecular complexity index is 293. The summed E-state index contributed by atoms with van der Waals surface area (Å²) < 4.78 is 5.12. The summed E-state index contributed by atoms with van der Waals surface area (Å²) in [5.74, 6) is -0.381. The van der Waals surface area contributed by atoms with Gasteiger partial charge < -0.3 is 4.74 Å². The molecule has 0 aromatic carbocycles. The van der Waals surface area contributed by atoms with Crippen LogP contribution in [0.5, 0.6) is 0 Å². The van der Waals surface area contributed by atoms with Crippen LogP contribution in [0.3, 0.4) is 0 Å². The molecule has 0 unspecified atom stereocenters. The second kappa shape index (κ2) is 4.96. The van der Waals surface area contributed by atoms with Crippen molar-refractivity contribution in [3.05, 3.63) is 30.1 Å². The zero-order valence-corrected chi connectivity index (χ0v) is 9.30. The van der Waals surface area contributed by atoms with E-state index in [-0.39, 0.29) is 18.4 Å². The average Bonchev–Trinajstić information content (AvgIpc) is 2.03. The molecule has 0 N–H and O–H groups in total. The monoisotopic (exact) mass is 215 g/mol. The maximum atomic E-state index is 11.4. The van der Waals surface area contributed by atoms with Crippen LogP contribution in [0.15, 0.2) is 24.4 Å². The maximum absolute atomic E-state index is 11.4. The molecular weight excluding hydrogens is 202 g/mol. The molecule has 78 valence electrons. The van der Waals surface area contributed by atoms with Gasteiger partial charge in [0.05, 0.1) is 0 Å². The van der Waals surface area contributed by atoms with E-state index in [1.165, 1.54) is 0 Å². The lowest BCUT2D eigenvalue weighted by Crippen LogP contribution is -2.24. The first kappa shape index (κ1) is 12.9. The molecule has 0 saturated heterocycles. The van der Waals surface area contributed by atoms with Crippen molar-refractivity contribution in [3.63, 3.8) is 0 Å². The Morgan fingerprint density at radius 3 is 2.43 bits per heavy atom. The molecule has 0 amide bonds. The number of aromatic nitrogens is 1. The Morgan fingerprint density at radius 1 is 1.36 bits per heavy atom. The van der Waals surface area contributed by atoms with E-state index < -0.39 is 5.60 Å². The summed E-state index contributed by atoms with van der Waals surface area (Å²) in [5, 5.41) is 0. The van der Waals surface area contributed by atoms with Gasteiger partial charge in [-0.25, -0.2) is 9.78 Å². The zero-order valence-electron chi connectivity index (χ0n) is 8.48. The van der Waals surface area contributed by atoms with Crippen LogP contribution < -0.4 is 0 Å². The number of carbonyl (C=O) groups excluding carboxylic acids is 1. The molecule has 14 heavy (non-hydrogen) atoms. The highest BCUT2D eigenvalue weighted by atomic mass is 35.5. The molecule has 0 bridgehead atoms. The van der Waals surface area contributed by atoms with E-state index in [0.29, 0.717) is 5.69 Å². The van der Waals surface area contributed by atoms with Crippen molar-refractivity contribution < 1.29 is 9.53 Å². The molecule has 4 heteroatoms. The Kier molecular flexibility index (Phi) is 4.57. The van der Waals surface area contributed by atoms with Gasteiger partial charge in [-0.15, -0.1) is 12.4 Å². The van der Waals surface area contributed by atoms with Crippen LogP contribution in [0.1, 0.15) is 31.3 Å². The van der Waals surface area contributed by atoms with E-state index >= 15 is 0 Å². The number of ether oxygens (including phenoxy) is 1. The highest BCUT2D eigenvalue weighted by molar-refractivity contribution is 5.87. The predicted octanol–water partition coefficient (Wildman–Crippen LogP) is 2.46. The highest BCUT2D eigenvalue weighted by Crippen LogP contribution is 2.09. The fraction of sp³-hybridized carbons (Fsp3) is 0.400. The number of nitrogens with zero attached hydrogens (tertiary/aromatic N) is 1. The van der Waals surface area contributed by atoms with E-state index in [1.54, 1.807) is 24.4 Å². The average molecular weight is 216 g/mol. The Labute approximate surface area is 89.9 Å². The van der Waals surface area contributed by atoms with Gasteiger partial charge in [-0.1, -0.05) is 6.07 Å². The van der Waals surface area contributed by atoms with Crippen molar-refractivity contribution in [2.75, 3.05) is 0 Å². The zero-order chi connectivity index (χ0) is 9.90. The van der Waals surface area contributed by atoms with Gasteiger partial charge in [-0.3, -0.25) is 0 Å². The minimum atomic E-state index is -0.464. The van der Waals surface area contributed by atoms with Crippen molar-refractivity contribution in [2.45, 2.75) is 26.4 Å². The van der Waals surface area contributed by atoms with Gasteiger partial charge in [0, 0.05) is 6.20 Å². The van der Waals surface area contributed by atoms with Gasteiger partial charge in [0.2, 0.25) is 0 Å². The summed E-state index contributed by atoms with van der Waals surface area (Å²) in [4.78, 5) is 15.3. The third-order valence-corrected chi connectivity index (χ3v) is 1.27. The number of hydrogen-bond donors (Lipinski definition) is 0. The maximum Gasteiger partial charge on any atom is 0.357 e. The smallest absolute Gasteiger partial charge is 0.357 e. The largest absolute Gasteiger partial charge is 0.455 e. The predicted molar refractivity (Wildman–Crippen MR) is 56.7 cm³/mol. The standard InChI is InChI=1S/C10H13NO2.ClH/c1-10(2,3)13-9(12)8-6-4-5-7-11-8;/h4-7H,1-3H3;1H. The van der Waals surface area contributed by atoms with Gasteiger partial charge in [0.15, 0.2) is 0 Å². The molecule has 0 aliphatic carbocycles. The summed E-state index contributed by atoms with van der Waals surface area (Å²) in [6.45, 7) is 5.48. The second-order valence-corrected chi connectivity index (χ2v) is 3.72. The van der Waals surface area contributed by atoms with E-state index in [2.05, 4.69) is 4.98 Å². The van der Waals surface area contributed by atoms with Crippen LogP contribution in [0.2, 0.25) is 0 Å². The van der Waals surface area contributed by atoms with Crippen LogP contribution in [0.25, 0.3) is 0 Å². The quantitative estimate of drug-likeness (QED) is 0.676. The van der Waals surface area contributed by atoms with Crippen molar-refractivity contribution >= 4 is 18.4 Å². The van der Waals surface area contributed by atoms with Crippen LogP contribution >= 0.6 is 12.4 Å². The first-order chi connectivity index (χ1) is 5.99. The summed E-state index contributed by atoms with van der Waals surface area (Å²) in [7, 11) is 0. The van der Waals surface area contributed by atoms with Gasteiger partial charge in [0.1, 0.15) is 11.3 Å². The molecule has 0 spiro atoms.